The molecule has 0 saturated heterocycles. The molecule has 0 spiro atoms. The third kappa shape index (κ3) is 4.21. The molecule has 0 saturated carbocycles. The Bertz CT molecular complexity index is 451. The quantitative estimate of drug-likeness (QED) is 0.472. The van der Waals surface area contributed by atoms with Crippen LogP contribution in [0.25, 0.3) is 0 Å². The summed E-state index contributed by atoms with van der Waals surface area (Å²) >= 11 is 5.89. The third-order valence-corrected chi connectivity index (χ3v) is 2.56. The van der Waals surface area contributed by atoms with E-state index in [4.69, 9.17) is 11.6 Å². The molecule has 1 amide bonds. The number of carbonyl (C=O) groups excluding carboxylic acids is 1. The first-order valence-electron chi connectivity index (χ1n) is 5.49. The number of benzene rings is 1. The minimum Gasteiger partial charge on any atom is -0.382 e. The van der Waals surface area contributed by atoms with Gasteiger partial charge < -0.3 is 10.6 Å². The van der Waals surface area contributed by atoms with Crippen molar-refractivity contribution in [3.8, 4) is 0 Å². The number of carbonyl (C=O) groups is 1. The zero-order valence-corrected chi connectivity index (χ0v) is 10.7. The van der Waals surface area contributed by atoms with Gasteiger partial charge in [0, 0.05) is 31.6 Å². The highest BCUT2D eigenvalue weighted by atomic mass is 35.5. The molecule has 1 rings (SSSR count). The van der Waals surface area contributed by atoms with E-state index in [0.29, 0.717) is 25.2 Å². The minimum absolute atomic E-state index is 0.0217. The normalized spacial score (nSPS) is 9.89. The Balaban J connectivity index is 2.48. The Labute approximate surface area is 109 Å². The summed E-state index contributed by atoms with van der Waals surface area (Å²) < 4.78 is 0. The van der Waals surface area contributed by atoms with Gasteiger partial charge >= 0.3 is 0 Å². The summed E-state index contributed by atoms with van der Waals surface area (Å²) in [5.74, 6) is -0.0217. The highest BCUT2D eigenvalue weighted by molar-refractivity contribution is 6.33. The summed E-state index contributed by atoms with van der Waals surface area (Å²) in [4.78, 5) is 21.0. The molecule has 0 radical (unpaired) electrons. The lowest BCUT2D eigenvalue weighted by Gasteiger charge is -2.08. The van der Waals surface area contributed by atoms with Gasteiger partial charge in [-0.25, -0.2) is 0 Å². The van der Waals surface area contributed by atoms with Gasteiger partial charge in [0.05, 0.1) is 15.6 Å². The number of amides is 1. The number of nitrogens with zero attached hydrogens (tertiary/aromatic N) is 1. The number of hydrogen-bond donors (Lipinski definition) is 2. The van der Waals surface area contributed by atoms with Crippen LogP contribution in [0.2, 0.25) is 5.02 Å². The van der Waals surface area contributed by atoms with E-state index in [0.717, 1.165) is 0 Å². The second-order valence-corrected chi connectivity index (χ2v) is 3.96. The Morgan fingerprint density at radius 3 is 2.72 bits per heavy atom. The molecule has 0 atom stereocenters. The molecule has 18 heavy (non-hydrogen) atoms. The predicted molar refractivity (Wildman–Crippen MR) is 69.9 cm³/mol. The smallest absolute Gasteiger partial charge is 0.271 e. The molecule has 2 N–H and O–H groups in total. The second kappa shape index (κ2) is 6.80. The lowest BCUT2D eigenvalue weighted by molar-refractivity contribution is -0.384. The summed E-state index contributed by atoms with van der Waals surface area (Å²) in [5.41, 5.74) is 0.554. The molecule has 0 aromatic heterocycles. The standard InChI is InChI=1S/C11H14ClN3O3/c1-2-11(16)14-6-5-13-10-4-3-8(15(17)18)7-9(10)12/h3-4,7,13H,2,5-6H2,1H3,(H,14,16). The van der Waals surface area contributed by atoms with Gasteiger partial charge in [-0.1, -0.05) is 18.5 Å². The van der Waals surface area contributed by atoms with Crippen LogP contribution < -0.4 is 10.6 Å². The fraction of sp³-hybridized carbons (Fsp3) is 0.364. The van der Waals surface area contributed by atoms with Gasteiger partial charge in [-0.15, -0.1) is 0 Å². The number of halogens is 1. The summed E-state index contributed by atoms with van der Waals surface area (Å²) in [6.07, 6.45) is 0.443. The fourth-order valence-corrected chi connectivity index (χ4v) is 1.53. The van der Waals surface area contributed by atoms with E-state index in [-0.39, 0.29) is 16.6 Å². The Morgan fingerprint density at radius 1 is 1.44 bits per heavy atom. The lowest BCUT2D eigenvalue weighted by atomic mass is 10.3. The molecule has 98 valence electrons. The topological polar surface area (TPSA) is 84.3 Å². The molecule has 0 heterocycles. The van der Waals surface area contributed by atoms with Crippen molar-refractivity contribution in [3.05, 3.63) is 33.3 Å². The highest BCUT2D eigenvalue weighted by Gasteiger charge is 2.08. The van der Waals surface area contributed by atoms with E-state index in [1.54, 1.807) is 13.0 Å². The van der Waals surface area contributed by atoms with Gasteiger partial charge in [-0.2, -0.15) is 0 Å². The van der Waals surface area contributed by atoms with Crippen LogP contribution in [0.5, 0.6) is 0 Å². The summed E-state index contributed by atoms with van der Waals surface area (Å²) in [6, 6.07) is 4.20. The molecule has 1 aromatic carbocycles. The van der Waals surface area contributed by atoms with Crippen LogP contribution in [0, 0.1) is 10.1 Å². The SMILES string of the molecule is CCC(=O)NCCNc1ccc([N+](=O)[O-])cc1Cl. The van der Waals surface area contributed by atoms with Gasteiger partial charge in [0.1, 0.15) is 0 Å². The van der Waals surface area contributed by atoms with Crippen LogP contribution in [0.3, 0.4) is 0 Å². The first-order valence-corrected chi connectivity index (χ1v) is 5.87. The molecule has 0 aliphatic heterocycles. The van der Waals surface area contributed by atoms with Crippen molar-refractivity contribution in [2.45, 2.75) is 13.3 Å². The number of nitro benzene ring substituents is 1. The monoisotopic (exact) mass is 271 g/mol. The molecular formula is C11H14ClN3O3. The molecule has 0 aliphatic carbocycles. The van der Waals surface area contributed by atoms with Crippen LogP contribution in [0.15, 0.2) is 18.2 Å². The van der Waals surface area contributed by atoms with Gasteiger partial charge in [-0.05, 0) is 6.07 Å². The van der Waals surface area contributed by atoms with Crippen molar-refractivity contribution in [2.75, 3.05) is 18.4 Å². The summed E-state index contributed by atoms with van der Waals surface area (Å²) in [7, 11) is 0. The summed E-state index contributed by atoms with van der Waals surface area (Å²) in [5, 5.41) is 16.5. The average Bonchev–Trinajstić information content (AvgIpc) is 2.35. The lowest BCUT2D eigenvalue weighted by Crippen LogP contribution is -2.27. The van der Waals surface area contributed by atoms with Crippen molar-refractivity contribution >= 4 is 28.9 Å². The van der Waals surface area contributed by atoms with Gasteiger partial charge in [-0.3, -0.25) is 14.9 Å². The first kappa shape index (κ1) is 14.2. The molecule has 0 bridgehead atoms. The maximum Gasteiger partial charge on any atom is 0.271 e. The molecule has 0 fully saturated rings. The summed E-state index contributed by atoms with van der Waals surface area (Å²) in [6.45, 7) is 2.75. The molecular weight excluding hydrogens is 258 g/mol. The molecule has 0 unspecified atom stereocenters. The Hall–Kier alpha value is -1.82. The predicted octanol–water partition coefficient (Wildman–Crippen LogP) is 2.19. The van der Waals surface area contributed by atoms with Crippen LogP contribution in [0.1, 0.15) is 13.3 Å². The van der Waals surface area contributed by atoms with Crippen LogP contribution in [-0.2, 0) is 4.79 Å². The van der Waals surface area contributed by atoms with E-state index in [1.165, 1.54) is 12.1 Å². The van der Waals surface area contributed by atoms with Crippen molar-refractivity contribution < 1.29 is 9.72 Å². The number of rotatable bonds is 6. The maximum absolute atomic E-state index is 11.0. The Kier molecular flexibility index (Phi) is 5.38. The van der Waals surface area contributed by atoms with E-state index in [1.807, 2.05) is 0 Å². The molecule has 0 aliphatic rings. The maximum atomic E-state index is 11.0. The van der Waals surface area contributed by atoms with Gasteiger partial charge in [0.15, 0.2) is 0 Å². The van der Waals surface area contributed by atoms with E-state index < -0.39 is 4.92 Å². The zero-order chi connectivity index (χ0) is 13.5. The first-order chi connectivity index (χ1) is 8.54. The largest absolute Gasteiger partial charge is 0.382 e. The second-order valence-electron chi connectivity index (χ2n) is 3.55. The molecule has 1 aromatic rings. The number of hydrogen-bond acceptors (Lipinski definition) is 4. The highest BCUT2D eigenvalue weighted by Crippen LogP contribution is 2.26. The van der Waals surface area contributed by atoms with E-state index in [9.17, 15) is 14.9 Å². The number of nitrogens with one attached hydrogen (secondary N) is 2. The molecule has 6 nitrogen and oxygen atoms in total. The fourth-order valence-electron chi connectivity index (χ4n) is 1.29. The van der Waals surface area contributed by atoms with Gasteiger partial charge in [0.2, 0.25) is 5.91 Å². The van der Waals surface area contributed by atoms with Crippen molar-refractivity contribution in [1.82, 2.24) is 5.32 Å². The zero-order valence-electron chi connectivity index (χ0n) is 9.90. The van der Waals surface area contributed by atoms with Gasteiger partial charge in [0.25, 0.3) is 5.69 Å². The van der Waals surface area contributed by atoms with Crippen molar-refractivity contribution in [1.29, 1.82) is 0 Å². The van der Waals surface area contributed by atoms with Crippen LogP contribution in [-0.4, -0.2) is 23.9 Å². The number of nitro groups is 1. The third-order valence-electron chi connectivity index (χ3n) is 2.25. The van der Waals surface area contributed by atoms with E-state index >= 15 is 0 Å². The number of anilines is 1. The average molecular weight is 272 g/mol. The minimum atomic E-state index is -0.503. The van der Waals surface area contributed by atoms with E-state index in [2.05, 4.69) is 10.6 Å². The van der Waals surface area contributed by atoms with Crippen molar-refractivity contribution in [3.63, 3.8) is 0 Å². The van der Waals surface area contributed by atoms with Crippen LogP contribution in [0.4, 0.5) is 11.4 Å². The Morgan fingerprint density at radius 2 is 2.17 bits per heavy atom. The molecule has 7 heteroatoms. The number of non-ortho nitro benzene ring substituents is 1. The van der Waals surface area contributed by atoms with Crippen molar-refractivity contribution in [2.24, 2.45) is 0 Å². The van der Waals surface area contributed by atoms with Crippen LogP contribution >= 0.6 is 11.6 Å².